The summed E-state index contributed by atoms with van der Waals surface area (Å²) in [4.78, 5) is 14.3. The largest absolute Gasteiger partial charge is 0.338 e. The number of likely N-dealkylation sites (tertiary alicyclic amines) is 1. The van der Waals surface area contributed by atoms with E-state index in [9.17, 15) is 4.79 Å². The minimum atomic E-state index is -0.191. The molecule has 1 aromatic carbocycles. The van der Waals surface area contributed by atoms with Crippen molar-refractivity contribution >= 4 is 5.91 Å². The lowest BCUT2D eigenvalue weighted by Crippen LogP contribution is -2.31. The Labute approximate surface area is 104 Å². The smallest absolute Gasteiger partial charge is 0.228 e. The van der Waals surface area contributed by atoms with Gasteiger partial charge in [0.1, 0.15) is 0 Å². The molecule has 0 spiro atoms. The van der Waals surface area contributed by atoms with E-state index in [0.717, 1.165) is 19.5 Å². The highest BCUT2D eigenvalue weighted by molar-refractivity contribution is 5.84. The van der Waals surface area contributed by atoms with Gasteiger partial charge in [0.15, 0.2) is 0 Å². The molecule has 1 heterocycles. The molecular weight excluding hydrogens is 210 g/mol. The first kappa shape index (κ1) is 12.2. The lowest BCUT2D eigenvalue weighted by atomic mass is 9.80. The molecule has 1 fully saturated rings. The lowest BCUT2D eigenvalue weighted by molar-refractivity contribution is -0.135. The van der Waals surface area contributed by atoms with Gasteiger partial charge in [0, 0.05) is 18.5 Å². The zero-order chi connectivity index (χ0) is 12.5. The number of benzene rings is 1. The van der Waals surface area contributed by atoms with Gasteiger partial charge < -0.3 is 4.90 Å². The average Bonchev–Trinajstić information content (AvgIpc) is 2.54. The highest BCUT2D eigenvalue weighted by Gasteiger charge is 2.45. The van der Waals surface area contributed by atoms with E-state index in [0.29, 0.717) is 11.8 Å². The van der Waals surface area contributed by atoms with Crippen LogP contribution in [0.2, 0.25) is 0 Å². The van der Waals surface area contributed by atoms with Crippen molar-refractivity contribution in [2.75, 3.05) is 6.54 Å². The zero-order valence-corrected chi connectivity index (χ0v) is 10.9. The summed E-state index contributed by atoms with van der Waals surface area (Å²) in [5.74, 6) is 0.784. The summed E-state index contributed by atoms with van der Waals surface area (Å²) in [6.07, 6.45) is 1.07. The standard InChI is InChI=1S/C15H21NO/c1-4-13-11-16(14(17)15(13,2)3)10-12-8-6-5-7-9-12/h5-9,13H,4,10-11H2,1-3H3. The number of hydrogen-bond acceptors (Lipinski definition) is 1. The number of hydrogen-bond donors (Lipinski definition) is 0. The van der Waals surface area contributed by atoms with Gasteiger partial charge in [-0.1, -0.05) is 57.5 Å². The van der Waals surface area contributed by atoms with Crippen molar-refractivity contribution in [1.82, 2.24) is 4.90 Å². The Morgan fingerprint density at radius 1 is 1.29 bits per heavy atom. The van der Waals surface area contributed by atoms with Crippen LogP contribution in [0.1, 0.15) is 32.8 Å². The van der Waals surface area contributed by atoms with E-state index in [-0.39, 0.29) is 5.41 Å². The third-order valence-electron chi connectivity index (χ3n) is 4.01. The topological polar surface area (TPSA) is 20.3 Å². The Hall–Kier alpha value is -1.31. The van der Waals surface area contributed by atoms with Gasteiger partial charge in [-0.15, -0.1) is 0 Å². The molecule has 0 aromatic heterocycles. The van der Waals surface area contributed by atoms with Crippen LogP contribution in [0.15, 0.2) is 30.3 Å². The zero-order valence-electron chi connectivity index (χ0n) is 10.9. The van der Waals surface area contributed by atoms with Crippen LogP contribution < -0.4 is 0 Å². The maximum atomic E-state index is 12.3. The normalized spacial score (nSPS) is 23.1. The molecule has 1 saturated heterocycles. The Morgan fingerprint density at radius 3 is 2.47 bits per heavy atom. The summed E-state index contributed by atoms with van der Waals surface area (Å²) in [5.41, 5.74) is 1.03. The van der Waals surface area contributed by atoms with Crippen LogP contribution in [0.25, 0.3) is 0 Å². The minimum Gasteiger partial charge on any atom is -0.338 e. The lowest BCUT2D eigenvalue weighted by Gasteiger charge is -2.22. The fraction of sp³-hybridized carbons (Fsp3) is 0.533. The number of carbonyl (C=O) groups excluding carboxylic acids is 1. The molecule has 0 radical (unpaired) electrons. The van der Waals surface area contributed by atoms with Gasteiger partial charge in [0.05, 0.1) is 0 Å². The van der Waals surface area contributed by atoms with E-state index in [2.05, 4.69) is 32.9 Å². The van der Waals surface area contributed by atoms with Crippen molar-refractivity contribution in [1.29, 1.82) is 0 Å². The summed E-state index contributed by atoms with van der Waals surface area (Å²) in [6.45, 7) is 7.98. The van der Waals surface area contributed by atoms with E-state index < -0.39 is 0 Å². The van der Waals surface area contributed by atoms with Crippen molar-refractivity contribution in [2.24, 2.45) is 11.3 Å². The number of nitrogens with zero attached hydrogens (tertiary/aromatic N) is 1. The maximum Gasteiger partial charge on any atom is 0.228 e. The first-order valence-electron chi connectivity index (χ1n) is 6.39. The Bertz CT molecular complexity index is 397. The molecule has 1 atom stereocenters. The molecule has 2 rings (SSSR count). The predicted octanol–water partition coefficient (Wildman–Crippen LogP) is 3.08. The van der Waals surface area contributed by atoms with E-state index in [4.69, 9.17) is 0 Å². The molecule has 2 heteroatoms. The van der Waals surface area contributed by atoms with E-state index in [1.807, 2.05) is 23.1 Å². The van der Waals surface area contributed by atoms with Crippen LogP contribution in [0, 0.1) is 11.3 Å². The molecule has 2 nitrogen and oxygen atoms in total. The van der Waals surface area contributed by atoms with Crippen LogP contribution >= 0.6 is 0 Å². The molecule has 1 aromatic rings. The third kappa shape index (κ3) is 2.21. The second-order valence-corrected chi connectivity index (χ2v) is 5.50. The van der Waals surface area contributed by atoms with Crippen molar-refractivity contribution in [3.63, 3.8) is 0 Å². The fourth-order valence-corrected chi connectivity index (χ4v) is 2.74. The van der Waals surface area contributed by atoms with Crippen LogP contribution in [0.4, 0.5) is 0 Å². The molecule has 92 valence electrons. The number of carbonyl (C=O) groups is 1. The van der Waals surface area contributed by atoms with Crippen LogP contribution in [-0.4, -0.2) is 17.4 Å². The Morgan fingerprint density at radius 2 is 1.94 bits per heavy atom. The average molecular weight is 231 g/mol. The molecule has 0 saturated carbocycles. The minimum absolute atomic E-state index is 0.191. The summed E-state index contributed by atoms with van der Waals surface area (Å²) in [6, 6.07) is 10.2. The maximum absolute atomic E-state index is 12.3. The molecule has 0 bridgehead atoms. The van der Waals surface area contributed by atoms with Gasteiger partial charge in [-0.25, -0.2) is 0 Å². The van der Waals surface area contributed by atoms with Crippen molar-refractivity contribution in [2.45, 2.75) is 33.7 Å². The van der Waals surface area contributed by atoms with Gasteiger partial charge >= 0.3 is 0 Å². The molecule has 1 aliphatic heterocycles. The molecule has 0 aliphatic carbocycles. The Balaban J connectivity index is 2.12. The van der Waals surface area contributed by atoms with E-state index >= 15 is 0 Å². The third-order valence-corrected chi connectivity index (χ3v) is 4.01. The second-order valence-electron chi connectivity index (χ2n) is 5.50. The van der Waals surface area contributed by atoms with Crippen molar-refractivity contribution in [3.8, 4) is 0 Å². The summed E-state index contributed by atoms with van der Waals surface area (Å²) >= 11 is 0. The molecule has 1 aliphatic rings. The molecular formula is C15H21NO. The first-order chi connectivity index (χ1) is 8.05. The molecule has 1 amide bonds. The van der Waals surface area contributed by atoms with Crippen molar-refractivity contribution in [3.05, 3.63) is 35.9 Å². The second kappa shape index (κ2) is 4.52. The molecule has 0 N–H and O–H groups in total. The van der Waals surface area contributed by atoms with Crippen LogP contribution in [0.5, 0.6) is 0 Å². The fourth-order valence-electron chi connectivity index (χ4n) is 2.74. The van der Waals surface area contributed by atoms with Crippen LogP contribution in [0.3, 0.4) is 0 Å². The van der Waals surface area contributed by atoms with Gasteiger partial charge in [-0.05, 0) is 11.5 Å². The number of rotatable bonds is 3. The van der Waals surface area contributed by atoms with E-state index in [1.165, 1.54) is 5.56 Å². The monoisotopic (exact) mass is 231 g/mol. The highest BCUT2D eigenvalue weighted by atomic mass is 16.2. The first-order valence-corrected chi connectivity index (χ1v) is 6.39. The Kier molecular flexibility index (Phi) is 3.23. The quantitative estimate of drug-likeness (QED) is 0.783. The predicted molar refractivity (Wildman–Crippen MR) is 69.4 cm³/mol. The molecule has 17 heavy (non-hydrogen) atoms. The van der Waals surface area contributed by atoms with Crippen LogP contribution in [-0.2, 0) is 11.3 Å². The molecule has 1 unspecified atom stereocenters. The van der Waals surface area contributed by atoms with Gasteiger partial charge in [-0.2, -0.15) is 0 Å². The summed E-state index contributed by atoms with van der Waals surface area (Å²) in [5, 5.41) is 0. The number of amides is 1. The van der Waals surface area contributed by atoms with Gasteiger partial charge in [0.25, 0.3) is 0 Å². The summed E-state index contributed by atoms with van der Waals surface area (Å²) < 4.78 is 0. The van der Waals surface area contributed by atoms with Gasteiger partial charge in [-0.3, -0.25) is 4.79 Å². The van der Waals surface area contributed by atoms with Gasteiger partial charge in [0.2, 0.25) is 5.91 Å². The van der Waals surface area contributed by atoms with E-state index in [1.54, 1.807) is 0 Å². The SMILES string of the molecule is CCC1CN(Cc2ccccc2)C(=O)C1(C)C. The highest BCUT2D eigenvalue weighted by Crippen LogP contribution is 2.38. The summed E-state index contributed by atoms with van der Waals surface area (Å²) in [7, 11) is 0. The van der Waals surface area contributed by atoms with Crippen molar-refractivity contribution < 1.29 is 4.79 Å².